The molecule has 92 valence electrons. The monoisotopic (exact) mass is 229 g/mol. The van der Waals surface area contributed by atoms with Crippen molar-refractivity contribution >= 4 is 5.97 Å². The molecule has 0 bridgehead atoms. The summed E-state index contributed by atoms with van der Waals surface area (Å²) < 4.78 is 5.78. The number of aliphatic carboxylic acids is 1. The van der Waals surface area contributed by atoms with Crippen LogP contribution in [0, 0.1) is 0 Å². The van der Waals surface area contributed by atoms with Crippen molar-refractivity contribution in [2.24, 2.45) is 0 Å². The van der Waals surface area contributed by atoms with Crippen molar-refractivity contribution in [1.29, 1.82) is 0 Å². The van der Waals surface area contributed by atoms with Gasteiger partial charge in [-0.2, -0.15) is 0 Å². The van der Waals surface area contributed by atoms with Crippen molar-refractivity contribution < 1.29 is 19.7 Å². The second-order valence-electron chi connectivity index (χ2n) is 4.85. The Hall–Kier alpha value is -0.650. The minimum atomic E-state index is -0.759. The van der Waals surface area contributed by atoms with Crippen LogP contribution in [0.1, 0.15) is 25.7 Å². The lowest BCUT2D eigenvalue weighted by atomic mass is 9.91. The molecule has 2 fully saturated rings. The Kier molecular flexibility index (Phi) is 3.47. The van der Waals surface area contributed by atoms with Crippen LogP contribution in [0.4, 0.5) is 0 Å². The van der Waals surface area contributed by atoms with Gasteiger partial charge in [0.25, 0.3) is 0 Å². The Labute approximate surface area is 95.0 Å². The van der Waals surface area contributed by atoms with Gasteiger partial charge < -0.3 is 14.9 Å². The minimum Gasteiger partial charge on any atom is -0.481 e. The molecule has 2 heterocycles. The number of hydrogen-bond donors (Lipinski definition) is 2. The molecule has 0 aliphatic carbocycles. The number of rotatable bonds is 3. The van der Waals surface area contributed by atoms with E-state index < -0.39 is 5.97 Å². The number of carbonyl (C=O) groups is 1. The summed E-state index contributed by atoms with van der Waals surface area (Å²) in [4.78, 5) is 12.6. The molecule has 0 aromatic heterocycles. The maximum atomic E-state index is 10.5. The summed E-state index contributed by atoms with van der Waals surface area (Å²) in [5.41, 5.74) is -0.212. The first kappa shape index (κ1) is 11.8. The second-order valence-corrected chi connectivity index (χ2v) is 4.85. The van der Waals surface area contributed by atoms with Gasteiger partial charge in [-0.05, 0) is 12.8 Å². The Balaban J connectivity index is 1.84. The first-order valence-electron chi connectivity index (χ1n) is 5.86. The Morgan fingerprint density at radius 1 is 1.56 bits per heavy atom. The summed E-state index contributed by atoms with van der Waals surface area (Å²) in [6.07, 6.45) is 2.24. The number of aliphatic hydroxyl groups is 1. The zero-order valence-electron chi connectivity index (χ0n) is 9.39. The summed E-state index contributed by atoms with van der Waals surface area (Å²) >= 11 is 0. The van der Waals surface area contributed by atoms with Gasteiger partial charge in [0.1, 0.15) is 0 Å². The SMILES string of the molecule is O=C(O)CCN1CC[C@@]2(C[C@H](O)CCO2)C1. The number of carboxylic acids is 1. The molecular weight excluding hydrogens is 210 g/mol. The van der Waals surface area contributed by atoms with Crippen LogP contribution in [0.5, 0.6) is 0 Å². The third-order valence-corrected chi connectivity index (χ3v) is 3.50. The van der Waals surface area contributed by atoms with E-state index in [1.165, 1.54) is 0 Å². The van der Waals surface area contributed by atoms with Crippen LogP contribution in [-0.2, 0) is 9.53 Å². The van der Waals surface area contributed by atoms with Gasteiger partial charge in [-0.15, -0.1) is 0 Å². The molecule has 2 saturated heterocycles. The number of nitrogens with zero attached hydrogens (tertiary/aromatic N) is 1. The molecular formula is C11H19NO4. The summed E-state index contributed by atoms with van der Waals surface area (Å²) in [5.74, 6) is -0.759. The molecule has 0 saturated carbocycles. The molecule has 5 heteroatoms. The smallest absolute Gasteiger partial charge is 0.304 e. The van der Waals surface area contributed by atoms with E-state index in [1.54, 1.807) is 0 Å². The highest BCUT2D eigenvalue weighted by Gasteiger charge is 2.42. The Morgan fingerprint density at radius 2 is 2.38 bits per heavy atom. The lowest BCUT2D eigenvalue weighted by Gasteiger charge is -2.36. The minimum absolute atomic E-state index is 0.179. The lowest BCUT2D eigenvalue weighted by Crippen LogP contribution is -2.44. The maximum Gasteiger partial charge on any atom is 0.304 e. The van der Waals surface area contributed by atoms with Crippen LogP contribution >= 0.6 is 0 Å². The molecule has 16 heavy (non-hydrogen) atoms. The fourth-order valence-corrected chi connectivity index (χ4v) is 2.66. The highest BCUT2D eigenvalue weighted by atomic mass is 16.5. The fraction of sp³-hybridized carbons (Fsp3) is 0.909. The van der Waals surface area contributed by atoms with E-state index in [2.05, 4.69) is 4.90 Å². The summed E-state index contributed by atoms with van der Waals surface area (Å²) in [7, 11) is 0. The van der Waals surface area contributed by atoms with Crippen molar-refractivity contribution in [2.45, 2.75) is 37.4 Å². The van der Waals surface area contributed by atoms with Gasteiger partial charge in [-0.25, -0.2) is 0 Å². The first-order chi connectivity index (χ1) is 7.60. The highest BCUT2D eigenvalue weighted by molar-refractivity contribution is 5.66. The molecule has 0 radical (unpaired) electrons. The molecule has 0 unspecified atom stereocenters. The molecule has 5 nitrogen and oxygen atoms in total. The third kappa shape index (κ3) is 2.72. The van der Waals surface area contributed by atoms with E-state index >= 15 is 0 Å². The zero-order valence-corrected chi connectivity index (χ0v) is 9.39. The van der Waals surface area contributed by atoms with E-state index in [4.69, 9.17) is 9.84 Å². The quantitative estimate of drug-likeness (QED) is 0.717. The Morgan fingerprint density at radius 3 is 3.06 bits per heavy atom. The molecule has 0 aromatic rings. The predicted octanol–water partition coefficient (Wildman–Crippen LogP) is 0.0769. The van der Waals surface area contributed by atoms with Crippen LogP contribution < -0.4 is 0 Å². The number of likely N-dealkylation sites (tertiary alicyclic amines) is 1. The maximum absolute atomic E-state index is 10.5. The largest absolute Gasteiger partial charge is 0.481 e. The number of carboxylic acid groups (broad SMARTS) is 1. The third-order valence-electron chi connectivity index (χ3n) is 3.50. The second kappa shape index (κ2) is 4.69. The van der Waals surface area contributed by atoms with Crippen LogP contribution in [0.2, 0.25) is 0 Å². The van der Waals surface area contributed by atoms with Gasteiger partial charge in [-0.1, -0.05) is 0 Å². The van der Waals surface area contributed by atoms with Crippen LogP contribution in [0.25, 0.3) is 0 Å². The van der Waals surface area contributed by atoms with Gasteiger partial charge in [-0.3, -0.25) is 9.69 Å². The summed E-state index contributed by atoms with van der Waals surface area (Å²) in [6.45, 7) is 2.84. The molecule has 2 atom stereocenters. The summed E-state index contributed by atoms with van der Waals surface area (Å²) in [6, 6.07) is 0. The Bertz CT molecular complexity index is 271. The fourth-order valence-electron chi connectivity index (χ4n) is 2.66. The molecule has 2 aliphatic heterocycles. The van der Waals surface area contributed by atoms with Crippen LogP contribution in [-0.4, -0.2) is 59.0 Å². The molecule has 0 aromatic carbocycles. The highest BCUT2D eigenvalue weighted by Crippen LogP contribution is 2.34. The molecule has 1 spiro atoms. The van der Waals surface area contributed by atoms with E-state index in [0.717, 1.165) is 25.9 Å². The normalized spacial score (nSPS) is 35.7. The first-order valence-corrected chi connectivity index (χ1v) is 5.86. The van der Waals surface area contributed by atoms with Gasteiger partial charge in [0, 0.05) is 32.7 Å². The van der Waals surface area contributed by atoms with Gasteiger partial charge >= 0.3 is 5.97 Å². The van der Waals surface area contributed by atoms with E-state index in [-0.39, 0.29) is 18.1 Å². The number of hydrogen-bond acceptors (Lipinski definition) is 4. The van der Waals surface area contributed by atoms with Crippen molar-refractivity contribution in [3.63, 3.8) is 0 Å². The summed E-state index contributed by atoms with van der Waals surface area (Å²) in [5, 5.41) is 18.3. The lowest BCUT2D eigenvalue weighted by molar-refractivity contribution is -0.137. The van der Waals surface area contributed by atoms with Crippen LogP contribution in [0.3, 0.4) is 0 Å². The topological polar surface area (TPSA) is 70.0 Å². The van der Waals surface area contributed by atoms with Crippen LogP contribution in [0.15, 0.2) is 0 Å². The van der Waals surface area contributed by atoms with Crippen molar-refractivity contribution in [1.82, 2.24) is 4.90 Å². The van der Waals surface area contributed by atoms with Gasteiger partial charge in [0.05, 0.1) is 18.1 Å². The number of aliphatic hydroxyl groups excluding tert-OH is 1. The van der Waals surface area contributed by atoms with E-state index in [9.17, 15) is 9.90 Å². The van der Waals surface area contributed by atoms with Crippen molar-refractivity contribution in [2.75, 3.05) is 26.2 Å². The zero-order chi connectivity index (χ0) is 11.6. The van der Waals surface area contributed by atoms with Crippen molar-refractivity contribution in [3.8, 4) is 0 Å². The molecule has 2 aliphatic rings. The van der Waals surface area contributed by atoms with Gasteiger partial charge in [0.2, 0.25) is 0 Å². The van der Waals surface area contributed by atoms with E-state index in [1.807, 2.05) is 0 Å². The average molecular weight is 229 g/mol. The molecule has 2 N–H and O–H groups in total. The average Bonchev–Trinajstić information content (AvgIpc) is 2.58. The van der Waals surface area contributed by atoms with E-state index in [0.29, 0.717) is 19.6 Å². The predicted molar refractivity (Wildman–Crippen MR) is 57.2 cm³/mol. The van der Waals surface area contributed by atoms with Crippen molar-refractivity contribution in [3.05, 3.63) is 0 Å². The molecule has 2 rings (SSSR count). The standard InChI is InChI=1S/C11H19NO4/c13-9-2-6-16-11(7-9)3-5-12(8-11)4-1-10(14)15/h9,13H,1-8H2,(H,14,15)/t9-,11-/m1/s1. The molecule has 0 amide bonds. The van der Waals surface area contributed by atoms with Gasteiger partial charge in [0.15, 0.2) is 0 Å². The number of ether oxygens (including phenoxy) is 1.